The monoisotopic (exact) mass is 699 g/mol. The number of hydrogen-bond acceptors (Lipinski definition) is 10. The van der Waals surface area contributed by atoms with Crippen LogP contribution in [0.5, 0.6) is 0 Å². The van der Waals surface area contributed by atoms with E-state index >= 15 is 0 Å². The number of halogens is 1. The fraction of sp³-hybridized carbons (Fsp3) is 0.125. The molecule has 0 spiro atoms. The van der Waals surface area contributed by atoms with Gasteiger partial charge in [-0.1, -0.05) is 17.7 Å². The number of benzene rings is 3. The van der Waals surface area contributed by atoms with Crippen LogP contribution < -0.4 is 9.67 Å². The Morgan fingerprint density at radius 3 is 2.46 bits per heavy atom. The van der Waals surface area contributed by atoms with Crippen LogP contribution in [0.2, 0.25) is 5.02 Å². The second kappa shape index (κ2) is 15.2. The molecule has 2 unspecified atom stereocenters. The number of nitrogens with zero attached hydrogens (tertiary/aromatic N) is 6. The number of nitrogens with one attached hydrogen (secondary N) is 1. The predicted molar refractivity (Wildman–Crippen MR) is 172 cm³/mol. The Hall–Kier alpha value is -5.19. The predicted octanol–water partition coefficient (Wildman–Crippen LogP) is 3.50. The minimum atomic E-state index is -1.14. The molecule has 2 heterocycles. The van der Waals surface area contributed by atoms with Gasteiger partial charge >= 0.3 is 198 Å². The van der Waals surface area contributed by atoms with Crippen LogP contribution in [0.1, 0.15) is 33.4 Å². The minimum absolute atomic E-state index is 0.0174. The van der Waals surface area contributed by atoms with Crippen molar-refractivity contribution in [3.8, 4) is 16.8 Å². The standard InChI is InChI=1S/C32H27AsClN7O5/c1-45-31(43)30-25(21-8-11-23(12-9-21)33-32(44)46-2)18-27(37-38-30)26(16-20-6-4-3-5-7-20)36-29(42)15-10-22-17-24(34)13-14-28(22)41-19-35-39-40-41/h3-15,17-19,26,33H,16H2,1-2H3,(H,36,42)/b15-10+. The summed E-state index contributed by atoms with van der Waals surface area (Å²) in [7, 11) is 2.63. The number of carbonyl (C=O) groups is 3. The summed E-state index contributed by atoms with van der Waals surface area (Å²) in [5, 5.41) is 23.4. The molecule has 1 amide bonds. The molecule has 12 nitrogen and oxygen atoms in total. The van der Waals surface area contributed by atoms with Crippen molar-refractivity contribution in [2.24, 2.45) is 0 Å². The zero-order valence-corrected chi connectivity index (χ0v) is 27.5. The van der Waals surface area contributed by atoms with Gasteiger partial charge in [0.2, 0.25) is 0 Å². The van der Waals surface area contributed by atoms with Gasteiger partial charge in [-0.3, -0.25) is 0 Å². The summed E-state index contributed by atoms with van der Waals surface area (Å²) < 4.78 is 11.9. The molecule has 0 aliphatic heterocycles. The molecule has 5 aromatic rings. The van der Waals surface area contributed by atoms with Crippen molar-refractivity contribution in [3.63, 3.8) is 0 Å². The van der Waals surface area contributed by atoms with Gasteiger partial charge < -0.3 is 0 Å². The van der Waals surface area contributed by atoms with Gasteiger partial charge in [-0.15, -0.1) is 5.10 Å². The van der Waals surface area contributed by atoms with Crippen molar-refractivity contribution in [2.75, 3.05) is 14.2 Å². The van der Waals surface area contributed by atoms with Gasteiger partial charge in [0, 0.05) is 10.6 Å². The first-order valence-corrected chi connectivity index (χ1v) is 16.3. The van der Waals surface area contributed by atoms with Crippen LogP contribution in [0.4, 0.5) is 4.79 Å². The molecule has 232 valence electrons. The Morgan fingerprint density at radius 2 is 1.76 bits per heavy atom. The fourth-order valence-electron chi connectivity index (χ4n) is 4.55. The molecule has 0 radical (unpaired) electrons. The molecule has 5 rings (SSSR count). The van der Waals surface area contributed by atoms with Crippen LogP contribution in [-0.2, 0) is 20.7 Å². The van der Waals surface area contributed by atoms with Crippen LogP contribution in [-0.4, -0.2) is 77.0 Å². The zero-order valence-electron chi connectivity index (χ0n) is 24.6. The average Bonchev–Trinajstić information content (AvgIpc) is 3.62. The normalized spacial score (nSPS) is 11.9. The second-order valence-corrected chi connectivity index (χ2v) is 12.8. The van der Waals surface area contributed by atoms with E-state index in [0.717, 1.165) is 9.91 Å². The van der Waals surface area contributed by atoms with Crippen LogP contribution in [0.25, 0.3) is 22.9 Å². The van der Waals surface area contributed by atoms with E-state index in [1.807, 2.05) is 42.5 Å². The molecule has 0 aliphatic rings. The molecule has 0 bridgehead atoms. The van der Waals surface area contributed by atoms with E-state index in [-0.39, 0.29) is 10.5 Å². The molecule has 0 saturated carbocycles. The van der Waals surface area contributed by atoms with Crippen molar-refractivity contribution in [1.82, 2.24) is 35.7 Å². The molecule has 3 aromatic carbocycles. The van der Waals surface area contributed by atoms with Gasteiger partial charge in [-0.2, -0.15) is 4.68 Å². The molecular formula is C32H27AsClN7O5. The van der Waals surface area contributed by atoms with Gasteiger partial charge in [0.1, 0.15) is 6.33 Å². The maximum atomic E-state index is 13.4. The Morgan fingerprint density at radius 1 is 0.978 bits per heavy atom. The van der Waals surface area contributed by atoms with Crippen molar-refractivity contribution in [1.29, 1.82) is 0 Å². The number of methoxy groups -OCH3 is 2. The Bertz CT molecular complexity index is 1870. The molecule has 1 N–H and O–H groups in total. The van der Waals surface area contributed by atoms with Crippen LogP contribution in [0.15, 0.2) is 91.3 Å². The summed E-state index contributed by atoms with van der Waals surface area (Å²) in [5.74, 6) is -1.06. The first-order chi connectivity index (χ1) is 22.3. The van der Waals surface area contributed by atoms with Crippen molar-refractivity contribution >= 4 is 54.4 Å². The van der Waals surface area contributed by atoms with E-state index in [9.17, 15) is 14.4 Å². The summed E-state index contributed by atoms with van der Waals surface area (Å²) in [6.07, 6.45) is 4.84. The molecule has 0 aliphatic carbocycles. The number of hydrogen-bond donors (Lipinski definition) is 1. The quantitative estimate of drug-likeness (QED) is 0.123. The fourth-order valence-corrected chi connectivity index (χ4v) is 6.14. The molecular weight excluding hydrogens is 673 g/mol. The number of aromatic nitrogens is 6. The van der Waals surface area contributed by atoms with Crippen LogP contribution >= 0.6 is 11.6 Å². The van der Waals surface area contributed by atoms with Crippen LogP contribution in [0.3, 0.4) is 0 Å². The Kier molecular flexibility index (Phi) is 10.6. The number of ether oxygens (including phenoxy) is 2. The molecule has 0 fully saturated rings. The van der Waals surface area contributed by atoms with Crippen molar-refractivity contribution in [3.05, 3.63) is 119 Å². The maximum absolute atomic E-state index is 13.4. The first kappa shape index (κ1) is 32.2. The Labute approximate surface area is 275 Å². The van der Waals surface area contributed by atoms with E-state index in [1.54, 1.807) is 42.5 Å². The van der Waals surface area contributed by atoms with E-state index in [1.165, 1.54) is 31.3 Å². The van der Waals surface area contributed by atoms with E-state index in [2.05, 4.69) is 31.0 Å². The summed E-state index contributed by atoms with van der Waals surface area (Å²) >= 11 is 5.10. The number of rotatable bonds is 11. The van der Waals surface area contributed by atoms with E-state index in [4.69, 9.17) is 21.1 Å². The summed E-state index contributed by atoms with van der Waals surface area (Å²) in [6.45, 7) is 0. The average molecular weight is 700 g/mol. The van der Waals surface area contributed by atoms with E-state index < -0.39 is 33.7 Å². The van der Waals surface area contributed by atoms with Gasteiger partial charge in [-0.25, -0.2) is 0 Å². The summed E-state index contributed by atoms with van der Waals surface area (Å²) in [6, 6.07) is 23.1. The summed E-state index contributed by atoms with van der Waals surface area (Å²) in [4.78, 5) is 37.8. The summed E-state index contributed by atoms with van der Waals surface area (Å²) in [5.41, 5.74) is 3.78. The van der Waals surface area contributed by atoms with Crippen LogP contribution in [0, 0.1) is 0 Å². The van der Waals surface area contributed by atoms with Gasteiger partial charge in [-0.05, 0) is 28.6 Å². The third kappa shape index (κ3) is 8.09. The SMILES string of the molecule is COC(=O)[AsH]c1ccc(-c2cc(C(Cc3ccccc3)NC(=O)/C=C/c3cc(Cl)ccc3-n3cnnn3)nnc2C(=O)OC)cc1. The topological polar surface area (TPSA) is 151 Å². The van der Waals surface area contributed by atoms with Gasteiger partial charge in [0.15, 0.2) is 0 Å². The molecule has 14 heteroatoms. The third-order valence-corrected chi connectivity index (χ3v) is 9.17. The van der Waals surface area contributed by atoms with Gasteiger partial charge in [0.25, 0.3) is 0 Å². The second-order valence-electron chi connectivity index (χ2n) is 9.76. The molecule has 0 saturated heterocycles. The zero-order chi connectivity index (χ0) is 32.5. The Balaban J connectivity index is 1.48. The molecule has 46 heavy (non-hydrogen) atoms. The number of tetrazole rings is 1. The number of carbonyl (C=O) groups excluding carboxylic acids is 3. The number of esters is 1. The molecule has 2 aromatic heterocycles. The number of amides is 1. The van der Waals surface area contributed by atoms with Gasteiger partial charge in [0.05, 0.1) is 5.69 Å². The van der Waals surface area contributed by atoms with Crippen molar-refractivity contribution < 1.29 is 23.9 Å². The van der Waals surface area contributed by atoms with E-state index in [0.29, 0.717) is 39.5 Å². The van der Waals surface area contributed by atoms with Crippen molar-refractivity contribution in [2.45, 2.75) is 12.5 Å². The first-order valence-electron chi connectivity index (χ1n) is 13.8. The third-order valence-electron chi connectivity index (χ3n) is 6.78. The molecule has 2 atom stereocenters.